The normalized spacial score (nSPS) is 12.0. The topological polar surface area (TPSA) is 222 Å². The van der Waals surface area contributed by atoms with Crippen LogP contribution in [0.3, 0.4) is 0 Å². The van der Waals surface area contributed by atoms with E-state index in [9.17, 15) is 26.5 Å². The summed E-state index contributed by atoms with van der Waals surface area (Å²) in [6.45, 7) is 0.0979. The van der Waals surface area contributed by atoms with Crippen LogP contribution in [0.15, 0.2) is 28.0 Å². The van der Waals surface area contributed by atoms with Crippen LogP contribution in [0.25, 0.3) is 0 Å². The van der Waals surface area contributed by atoms with E-state index in [1.54, 1.807) is 0 Å². The second kappa shape index (κ2) is 10.1. The summed E-state index contributed by atoms with van der Waals surface area (Å²) in [5.74, 6) is -0.351. The fourth-order valence-corrected chi connectivity index (χ4v) is 3.33. The van der Waals surface area contributed by atoms with Crippen LogP contribution >= 0.6 is 12.0 Å². The van der Waals surface area contributed by atoms with E-state index < -0.39 is 31.0 Å². The number of hydrogen-bond donors (Lipinski definition) is 6. The van der Waals surface area contributed by atoms with Gasteiger partial charge in [0.15, 0.2) is 0 Å². The number of sulfonamides is 1. The van der Waals surface area contributed by atoms with Gasteiger partial charge in [-0.2, -0.15) is 23.4 Å². The van der Waals surface area contributed by atoms with Crippen molar-refractivity contribution in [2.45, 2.75) is 9.79 Å². The predicted molar refractivity (Wildman–Crippen MR) is 103 cm³/mol. The zero-order valence-electron chi connectivity index (χ0n) is 15.0. The Morgan fingerprint density at radius 2 is 1.80 bits per heavy atom. The average Bonchev–Trinajstić information content (AvgIpc) is 2.62. The second-order valence-electron chi connectivity index (χ2n) is 5.36. The van der Waals surface area contributed by atoms with Crippen molar-refractivity contribution in [2.24, 2.45) is 0 Å². The van der Waals surface area contributed by atoms with E-state index >= 15 is 0 Å². The van der Waals surface area contributed by atoms with Gasteiger partial charge in [-0.05, 0) is 18.2 Å². The highest BCUT2D eigenvalue weighted by molar-refractivity contribution is 7.94. The number of anilines is 3. The molecule has 2 aromatic rings. The summed E-state index contributed by atoms with van der Waals surface area (Å²) in [7, 11) is -7.92. The lowest BCUT2D eigenvalue weighted by molar-refractivity contribution is -0.432. The molecule has 18 heteroatoms. The molecule has 0 spiro atoms. The lowest BCUT2D eigenvalue weighted by atomic mass is 10.3. The number of hydrogen-bond acceptors (Lipinski definition) is 14. The highest BCUT2D eigenvalue weighted by Gasteiger charge is 2.16. The Kier molecular flexibility index (Phi) is 8.09. The molecule has 0 unspecified atom stereocenters. The van der Waals surface area contributed by atoms with E-state index in [2.05, 4.69) is 39.7 Å². The summed E-state index contributed by atoms with van der Waals surface area (Å²) < 4.78 is 60.6. The highest BCUT2D eigenvalue weighted by atomic mass is 32.2. The maximum Gasteiger partial charge on any atom is 0.320 e. The van der Waals surface area contributed by atoms with Gasteiger partial charge in [0, 0.05) is 13.1 Å². The minimum Gasteiger partial charge on any atom is -0.479 e. The zero-order valence-corrected chi connectivity index (χ0v) is 17.5. The first-order valence-corrected chi connectivity index (χ1v) is 11.7. The van der Waals surface area contributed by atoms with Crippen LogP contribution in [0.1, 0.15) is 0 Å². The molecule has 0 saturated carbocycles. The van der Waals surface area contributed by atoms with Gasteiger partial charge >= 0.3 is 6.01 Å². The van der Waals surface area contributed by atoms with Crippen LogP contribution in [0.5, 0.6) is 6.01 Å². The van der Waals surface area contributed by atoms with Crippen LogP contribution in [0.4, 0.5) is 17.6 Å². The van der Waals surface area contributed by atoms with Crippen LogP contribution in [-0.4, -0.2) is 66.0 Å². The number of nitrogens with zero attached hydrogens (tertiary/aromatic N) is 3. The number of benzene rings is 1. The molecule has 2 rings (SSSR count). The summed E-state index contributed by atoms with van der Waals surface area (Å²) in [5.41, 5.74) is 0.00229. The van der Waals surface area contributed by atoms with E-state index in [1.165, 1.54) is 6.07 Å². The Labute approximate surface area is 174 Å². The third-order valence-electron chi connectivity index (χ3n) is 3.05. The SMILES string of the molecule is CS(=O)(=O)NCCNc1nc(O)nc(Nc2cc(S(=O)(=O)O)ccc2SOOO)n1. The van der Waals surface area contributed by atoms with Gasteiger partial charge in [-0.3, -0.25) is 4.55 Å². The van der Waals surface area contributed by atoms with Crippen LogP contribution in [-0.2, 0) is 29.5 Å². The Bertz CT molecular complexity index is 1100. The maximum absolute atomic E-state index is 11.4. The standard InChI is InChI=1S/C12H16N6O9S3/c1-29(21,22)14-5-4-13-10-16-11(18-12(19)17-10)15-8-6-7(30(23,24)25)2-3-9(8)28-27-26-20/h2-3,6,14,20H,4-5H2,1H3,(H,23,24,25)(H3,13,15,16,17,18,19). The van der Waals surface area contributed by atoms with E-state index in [1.807, 2.05) is 0 Å². The van der Waals surface area contributed by atoms with Gasteiger partial charge in [-0.25, -0.2) is 18.4 Å². The van der Waals surface area contributed by atoms with E-state index in [4.69, 9.17) is 5.26 Å². The zero-order chi connectivity index (χ0) is 22.4. The molecule has 6 N–H and O–H groups in total. The number of rotatable bonds is 11. The van der Waals surface area contributed by atoms with Gasteiger partial charge < -0.3 is 15.7 Å². The molecular formula is C12H16N6O9S3. The molecule has 0 bridgehead atoms. The van der Waals surface area contributed by atoms with Gasteiger partial charge in [0.05, 0.1) is 33.8 Å². The Morgan fingerprint density at radius 1 is 1.10 bits per heavy atom. The van der Waals surface area contributed by atoms with E-state index in [0.717, 1.165) is 18.4 Å². The fraction of sp³-hybridized carbons (Fsp3) is 0.250. The number of aromatic nitrogens is 3. The van der Waals surface area contributed by atoms with Crippen molar-refractivity contribution >= 4 is 49.8 Å². The molecular weight excluding hydrogens is 468 g/mol. The van der Waals surface area contributed by atoms with Crippen LogP contribution in [0.2, 0.25) is 0 Å². The molecule has 1 heterocycles. The van der Waals surface area contributed by atoms with Crippen LogP contribution < -0.4 is 15.4 Å². The van der Waals surface area contributed by atoms with Crippen molar-refractivity contribution < 1.29 is 41.1 Å². The van der Waals surface area contributed by atoms with Crippen molar-refractivity contribution in [3.8, 4) is 6.01 Å². The third kappa shape index (κ3) is 7.84. The summed E-state index contributed by atoms with van der Waals surface area (Å²) in [6.07, 6.45) is 0.992. The Morgan fingerprint density at radius 3 is 2.43 bits per heavy atom. The van der Waals surface area contributed by atoms with Crippen molar-refractivity contribution in [1.29, 1.82) is 0 Å². The predicted octanol–water partition coefficient (Wildman–Crippen LogP) is -0.0431. The van der Waals surface area contributed by atoms with E-state index in [0.29, 0.717) is 12.0 Å². The maximum atomic E-state index is 11.4. The smallest absolute Gasteiger partial charge is 0.320 e. The molecule has 0 radical (unpaired) electrons. The minimum absolute atomic E-state index is 0.00229. The summed E-state index contributed by atoms with van der Waals surface area (Å²) in [6, 6.07) is 2.62. The van der Waals surface area contributed by atoms with Crippen molar-refractivity contribution in [2.75, 3.05) is 30.0 Å². The molecule has 0 amide bonds. The first kappa shape index (κ1) is 24.0. The van der Waals surface area contributed by atoms with Crippen LogP contribution in [0, 0.1) is 0 Å². The fourth-order valence-electron chi connectivity index (χ4n) is 1.92. The van der Waals surface area contributed by atoms with Gasteiger partial charge in [-0.1, -0.05) is 5.04 Å². The molecule has 0 aliphatic heterocycles. The Hall–Kier alpha value is -2.32. The molecule has 0 saturated heterocycles. The molecule has 1 aromatic carbocycles. The molecule has 0 aliphatic carbocycles. The minimum atomic E-state index is -4.54. The summed E-state index contributed by atoms with van der Waals surface area (Å²) in [4.78, 5) is 10.9. The average molecular weight is 484 g/mol. The molecule has 0 fully saturated rings. The first-order chi connectivity index (χ1) is 14.0. The molecule has 15 nitrogen and oxygen atoms in total. The quantitative estimate of drug-likeness (QED) is 0.0809. The highest BCUT2D eigenvalue weighted by Crippen LogP contribution is 2.32. The van der Waals surface area contributed by atoms with E-state index in [-0.39, 0.29) is 35.6 Å². The summed E-state index contributed by atoms with van der Waals surface area (Å²) in [5, 5.41) is 26.7. The molecule has 30 heavy (non-hydrogen) atoms. The van der Waals surface area contributed by atoms with Gasteiger partial charge in [0.25, 0.3) is 10.1 Å². The van der Waals surface area contributed by atoms with Crippen molar-refractivity contribution in [3.05, 3.63) is 18.2 Å². The van der Waals surface area contributed by atoms with Crippen molar-refractivity contribution in [3.63, 3.8) is 0 Å². The third-order valence-corrected chi connectivity index (χ3v) is 5.29. The summed E-state index contributed by atoms with van der Waals surface area (Å²) >= 11 is 0.488. The first-order valence-electron chi connectivity index (χ1n) is 7.65. The largest absolute Gasteiger partial charge is 0.479 e. The molecule has 166 valence electrons. The lowest BCUT2D eigenvalue weighted by Crippen LogP contribution is -2.28. The molecule has 1 aromatic heterocycles. The van der Waals surface area contributed by atoms with Gasteiger partial charge in [0.1, 0.15) is 0 Å². The monoisotopic (exact) mass is 484 g/mol. The number of aromatic hydroxyl groups is 1. The molecule has 0 aliphatic rings. The Balaban J connectivity index is 2.24. The molecule has 0 atom stereocenters. The van der Waals surface area contributed by atoms with Gasteiger partial charge in [-0.15, -0.1) is 4.33 Å². The van der Waals surface area contributed by atoms with Crippen molar-refractivity contribution in [1.82, 2.24) is 19.7 Å². The van der Waals surface area contributed by atoms with Gasteiger partial charge in [0.2, 0.25) is 21.9 Å². The number of nitrogens with one attached hydrogen (secondary N) is 3. The second-order valence-corrected chi connectivity index (χ2v) is 9.36. The lowest BCUT2D eigenvalue weighted by Gasteiger charge is -2.12.